The van der Waals surface area contributed by atoms with E-state index in [1.54, 1.807) is 13.0 Å². The highest BCUT2D eigenvalue weighted by Crippen LogP contribution is 2.27. The number of hydrogen-bond acceptors (Lipinski definition) is 6. The van der Waals surface area contributed by atoms with Gasteiger partial charge in [0.15, 0.2) is 11.5 Å². The van der Waals surface area contributed by atoms with Gasteiger partial charge in [-0.3, -0.25) is 0 Å². The summed E-state index contributed by atoms with van der Waals surface area (Å²) in [5, 5.41) is 9.59. The number of phenols is 1. The van der Waals surface area contributed by atoms with Crippen LogP contribution in [0.15, 0.2) is 23.8 Å². The Balaban J connectivity index is 3.07. The van der Waals surface area contributed by atoms with Gasteiger partial charge in [-0.05, 0) is 37.1 Å². The molecule has 126 valence electrons. The average Bonchev–Trinajstić information content (AvgIpc) is 2.54. The lowest BCUT2D eigenvalue weighted by atomic mass is 10.1. The molecule has 0 aliphatic heterocycles. The Morgan fingerprint density at radius 3 is 2.48 bits per heavy atom. The van der Waals surface area contributed by atoms with Crippen LogP contribution in [0.3, 0.4) is 0 Å². The molecule has 0 atom stereocenters. The van der Waals surface area contributed by atoms with Crippen molar-refractivity contribution in [2.75, 3.05) is 20.3 Å². The predicted octanol–water partition coefficient (Wildman–Crippen LogP) is 2.69. The summed E-state index contributed by atoms with van der Waals surface area (Å²) in [4.78, 5) is 24.1. The Kier molecular flexibility index (Phi) is 7.66. The molecule has 1 N–H and O–H groups in total. The zero-order valence-corrected chi connectivity index (χ0v) is 13.6. The monoisotopic (exact) mass is 322 g/mol. The van der Waals surface area contributed by atoms with Crippen molar-refractivity contribution in [3.63, 3.8) is 0 Å². The summed E-state index contributed by atoms with van der Waals surface area (Å²) in [7, 11) is 1.41. The Morgan fingerprint density at radius 2 is 1.87 bits per heavy atom. The lowest BCUT2D eigenvalue weighted by Gasteiger charge is -2.09. The van der Waals surface area contributed by atoms with E-state index in [0.717, 1.165) is 12.8 Å². The van der Waals surface area contributed by atoms with Crippen LogP contribution in [0.5, 0.6) is 11.5 Å². The van der Waals surface area contributed by atoms with Crippen LogP contribution < -0.4 is 4.74 Å². The number of aromatic hydroxyl groups is 1. The zero-order chi connectivity index (χ0) is 17.2. The van der Waals surface area contributed by atoms with E-state index in [9.17, 15) is 14.7 Å². The van der Waals surface area contributed by atoms with E-state index in [2.05, 4.69) is 0 Å². The zero-order valence-electron chi connectivity index (χ0n) is 13.6. The van der Waals surface area contributed by atoms with Crippen molar-refractivity contribution >= 4 is 18.0 Å². The first kappa shape index (κ1) is 18.5. The molecule has 0 fully saturated rings. The summed E-state index contributed by atoms with van der Waals surface area (Å²) in [6, 6.07) is 4.47. The number of methoxy groups -OCH3 is 1. The number of ether oxygens (including phenoxy) is 3. The van der Waals surface area contributed by atoms with Crippen molar-refractivity contribution in [3.05, 3.63) is 29.3 Å². The van der Waals surface area contributed by atoms with E-state index in [1.165, 1.54) is 25.3 Å². The lowest BCUT2D eigenvalue weighted by molar-refractivity contribution is -0.146. The van der Waals surface area contributed by atoms with Crippen molar-refractivity contribution in [1.82, 2.24) is 0 Å². The molecule has 1 aromatic rings. The second kappa shape index (κ2) is 9.50. The first-order valence-corrected chi connectivity index (χ1v) is 7.46. The molecule has 0 spiro atoms. The van der Waals surface area contributed by atoms with Crippen molar-refractivity contribution in [3.8, 4) is 11.5 Å². The molecule has 0 radical (unpaired) electrons. The van der Waals surface area contributed by atoms with Gasteiger partial charge in [0.2, 0.25) is 0 Å². The second-order valence-electron chi connectivity index (χ2n) is 4.70. The molecule has 0 bridgehead atoms. The minimum absolute atomic E-state index is 0.0344. The molecule has 23 heavy (non-hydrogen) atoms. The van der Waals surface area contributed by atoms with Crippen LogP contribution in [-0.4, -0.2) is 37.4 Å². The number of carbonyl (C=O) groups excluding carboxylic acids is 2. The van der Waals surface area contributed by atoms with Gasteiger partial charge in [0.1, 0.15) is 5.57 Å². The summed E-state index contributed by atoms with van der Waals surface area (Å²) >= 11 is 0. The SMILES string of the molecule is CCCCOC(=O)C(=Cc1ccc(O)c(OC)c1)C(=O)OCC. The summed E-state index contributed by atoms with van der Waals surface area (Å²) in [6.07, 6.45) is 2.95. The van der Waals surface area contributed by atoms with Gasteiger partial charge in [0.05, 0.1) is 20.3 Å². The first-order chi connectivity index (χ1) is 11.0. The molecule has 6 nitrogen and oxygen atoms in total. The van der Waals surface area contributed by atoms with E-state index in [1.807, 2.05) is 6.92 Å². The lowest BCUT2D eigenvalue weighted by Crippen LogP contribution is -2.18. The van der Waals surface area contributed by atoms with E-state index < -0.39 is 11.9 Å². The maximum absolute atomic E-state index is 12.1. The Labute approximate surface area is 135 Å². The number of hydrogen-bond donors (Lipinski definition) is 1. The van der Waals surface area contributed by atoms with E-state index in [-0.39, 0.29) is 30.3 Å². The van der Waals surface area contributed by atoms with Crippen LogP contribution in [0.2, 0.25) is 0 Å². The van der Waals surface area contributed by atoms with Crippen molar-refractivity contribution in [2.24, 2.45) is 0 Å². The topological polar surface area (TPSA) is 82.1 Å². The molecular formula is C17H22O6. The van der Waals surface area contributed by atoms with Crippen molar-refractivity contribution < 1.29 is 28.9 Å². The molecule has 6 heteroatoms. The van der Waals surface area contributed by atoms with Crippen LogP contribution in [0.4, 0.5) is 0 Å². The highest BCUT2D eigenvalue weighted by atomic mass is 16.6. The normalized spacial score (nSPS) is 11.0. The quantitative estimate of drug-likeness (QED) is 0.260. The van der Waals surface area contributed by atoms with Gasteiger partial charge in [-0.25, -0.2) is 9.59 Å². The Hall–Kier alpha value is -2.50. The van der Waals surface area contributed by atoms with Gasteiger partial charge >= 0.3 is 11.9 Å². The Bertz CT molecular complexity index is 576. The minimum atomic E-state index is -0.749. The number of carbonyl (C=O) groups is 2. The average molecular weight is 322 g/mol. The summed E-state index contributed by atoms with van der Waals surface area (Å²) in [5.74, 6) is -1.28. The van der Waals surface area contributed by atoms with Gasteiger partial charge in [-0.15, -0.1) is 0 Å². The number of esters is 2. The maximum atomic E-state index is 12.1. The van der Waals surface area contributed by atoms with Crippen LogP contribution in [0.1, 0.15) is 32.3 Å². The van der Waals surface area contributed by atoms with E-state index in [4.69, 9.17) is 14.2 Å². The standard InChI is InChI=1S/C17H22O6/c1-4-6-9-23-17(20)13(16(19)22-5-2)10-12-7-8-14(18)15(11-12)21-3/h7-8,10-11,18H,4-6,9H2,1-3H3. The van der Waals surface area contributed by atoms with Crippen LogP contribution in [0, 0.1) is 0 Å². The number of benzene rings is 1. The van der Waals surface area contributed by atoms with Crippen molar-refractivity contribution in [1.29, 1.82) is 0 Å². The van der Waals surface area contributed by atoms with Gasteiger partial charge in [0.25, 0.3) is 0 Å². The molecule has 0 aliphatic carbocycles. The molecule has 0 heterocycles. The molecule has 1 rings (SSSR count). The minimum Gasteiger partial charge on any atom is -0.504 e. The third-order valence-corrected chi connectivity index (χ3v) is 2.96. The van der Waals surface area contributed by atoms with Gasteiger partial charge < -0.3 is 19.3 Å². The number of phenolic OH excluding ortho intramolecular Hbond substituents is 1. The number of rotatable bonds is 8. The van der Waals surface area contributed by atoms with E-state index >= 15 is 0 Å². The number of unbranched alkanes of at least 4 members (excludes halogenated alkanes) is 1. The van der Waals surface area contributed by atoms with Crippen molar-refractivity contribution in [2.45, 2.75) is 26.7 Å². The molecule has 0 unspecified atom stereocenters. The Morgan fingerprint density at radius 1 is 1.17 bits per heavy atom. The molecule has 1 aromatic carbocycles. The highest BCUT2D eigenvalue weighted by Gasteiger charge is 2.21. The molecule has 0 saturated carbocycles. The van der Waals surface area contributed by atoms with Gasteiger partial charge in [-0.2, -0.15) is 0 Å². The van der Waals surface area contributed by atoms with Gasteiger partial charge in [-0.1, -0.05) is 19.4 Å². The fourth-order valence-electron chi connectivity index (χ4n) is 1.75. The highest BCUT2D eigenvalue weighted by molar-refractivity contribution is 6.17. The maximum Gasteiger partial charge on any atom is 0.345 e. The molecule has 0 aromatic heterocycles. The fraction of sp³-hybridized carbons (Fsp3) is 0.412. The largest absolute Gasteiger partial charge is 0.504 e. The van der Waals surface area contributed by atoms with Gasteiger partial charge in [0, 0.05) is 0 Å². The van der Waals surface area contributed by atoms with Crippen LogP contribution >= 0.6 is 0 Å². The van der Waals surface area contributed by atoms with Crippen LogP contribution in [-0.2, 0) is 19.1 Å². The molecule has 0 amide bonds. The molecule has 0 aliphatic rings. The summed E-state index contributed by atoms with van der Waals surface area (Å²) in [6.45, 7) is 4.02. The van der Waals surface area contributed by atoms with E-state index in [0.29, 0.717) is 5.56 Å². The first-order valence-electron chi connectivity index (χ1n) is 7.46. The predicted molar refractivity (Wildman–Crippen MR) is 85.1 cm³/mol. The van der Waals surface area contributed by atoms with Crippen LogP contribution in [0.25, 0.3) is 6.08 Å². The fourth-order valence-corrected chi connectivity index (χ4v) is 1.75. The summed E-state index contributed by atoms with van der Waals surface area (Å²) in [5.41, 5.74) is 0.311. The second-order valence-corrected chi connectivity index (χ2v) is 4.70. The smallest absolute Gasteiger partial charge is 0.345 e. The molecular weight excluding hydrogens is 300 g/mol. The third kappa shape index (κ3) is 5.65. The third-order valence-electron chi connectivity index (χ3n) is 2.96. The molecule has 0 saturated heterocycles. The summed E-state index contributed by atoms with van der Waals surface area (Å²) < 4.78 is 15.0.